The van der Waals surface area contributed by atoms with Crippen LogP contribution in [0.15, 0.2) is 6.07 Å². The molecular weight excluding hydrogens is 349 g/mol. The van der Waals surface area contributed by atoms with E-state index < -0.39 is 11.8 Å². The number of halogens is 2. The van der Waals surface area contributed by atoms with Crippen LogP contribution in [0.25, 0.3) is 10.2 Å². The van der Waals surface area contributed by atoms with Crippen molar-refractivity contribution in [3.8, 4) is 0 Å². The van der Waals surface area contributed by atoms with Gasteiger partial charge in [0, 0.05) is 18.2 Å². The van der Waals surface area contributed by atoms with Gasteiger partial charge in [0.2, 0.25) is 5.91 Å². The lowest BCUT2D eigenvalue weighted by Gasteiger charge is -2.08. The second kappa shape index (κ2) is 7.73. The van der Waals surface area contributed by atoms with Gasteiger partial charge in [-0.2, -0.15) is 0 Å². The second-order valence-corrected chi connectivity index (χ2v) is 5.65. The third-order valence-electron chi connectivity index (χ3n) is 2.78. The van der Waals surface area contributed by atoms with Crippen molar-refractivity contribution in [2.45, 2.75) is 13.5 Å². The standard InChI is InChI=1S/C13H14ClN3O3S.ClH/c1-6-3-7(5-20-2)9-10(17-8(18)4-14)11(12(15)19)21-13(9)16-6;/h3H,4-5H2,1-2H3,(H2,15,19)(H,17,18);1H. The van der Waals surface area contributed by atoms with Crippen molar-refractivity contribution in [3.05, 3.63) is 22.2 Å². The van der Waals surface area contributed by atoms with Crippen LogP contribution in [0.5, 0.6) is 0 Å². The minimum absolute atomic E-state index is 0. The van der Waals surface area contributed by atoms with Crippen molar-refractivity contribution in [1.29, 1.82) is 0 Å². The van der Waals surface area contributed by atoms with Crippen molar-refractivity contribution in [3.63, 3.8) is 0 Å². The fourth-order valence-electron chi connectivity index (χ4n) is 2.05. The zero-order chi connectivity index (χ0) is 15.6. The molecule has 0 spiro atoms. The van der Waals surface area contributed by atoms with Crippen LogP contribution in [0.2, 0.25) is 0 Å². The van der Waals surface area contributed by atoms with Gasteiger partial charge in [0.05, 0.1) is 12.3 Å². The van der Waals surface area contributed by atoms with E-state index in [1.165, 1.54) is 0 Å². The molecule has 0 aromatic carbocycles. The SMILES string of the molecule is COCc1cc(C)nc2sc(C(N)=O)c(NC(=O)CCl)c12.Cl. The molecule has 2 heterocycles. The van der Waals surface area contributed by atoms with E-state index >= 15 is 0 Å². The van der Waals surface area contributed by atoms with Crippen molar-refractivity contribution in [2.75, 3.05) is 18.3 Å². The number of nitrogens with two attached hydrogens (primary N) is 1. The van der Waals surface area contributed by atoms with Gasteiger partial charge in [-0.15, -0.1) is 35.3 Å². The van der Waals surface area contributed by atoms with Gasteiger partial charge in [-0.3, -0.25) is 9.59 Å². The number of carbonyl (C=O) groups excluding carboxylic acids is 2. The summed E-state index contributed by atoms with van der Waals surface area (Å²) in [7, 11) is 1.57. The van der Waals surface area contributed by atoms with Crippen molar-refractivity contribution >= 4 is 63.1 Å². The van der Waals surface area contributed by atoms with E-state index in [-0.39, 0.29) is 23.2 Å². The monoisotopic (exact) mass is 363 g/mol. The van der Waals surface area contributed by atoms with Crippen LogP contribution in [0.3, 0.4) is 0 Å². The van der Waals surface area contributed by atoms with Crippen LogP contribution in [-0.2, 0) is 16.1 Å². The predicted octanol–water partition coefficient (Wildman–Crippen LogP) is 2.45. The molecule has 0 atom stereocenters. The van der Waals surface area contributed by atoms with Gasteiger partial charge < -0.3 is 15.8 Å². The highest BCUT2D eigenvalue weighted by Crippen LogP contribution is 2.37. The molecule has 2 rings (SSSR count). The number of rotatable bonds is 5. The summed E-state index contributed by atoms with van der Waals surface area (Å²) < 4.78 is 5.17. The highest BCUT2D eigenvalue weighted by atomic mass is 35.5. The molecule has 0 aliphatic heterocycles. The number of methoxy groups -OCH3 is 1. The number of amides is 2. The van der Waals surface area contributed by atoms with Gasteiger partial charge in [0.15, 0.2) is 0 Å². The molecule has 2 aromatic rings. The smallest absolute Gasteiger partial charge is 0.261 e. The van der Waals surface area contributed by atoms with E-state index in [4.69, 9.17) is 22.1 Å². The molecule has 120 valence electrons. The number of nitrogens with one attached hydrogen (secondary N) is 1. The van der Waals surface area contributed by atoms with Crippen molar-refractivity contribution in [1.82, 2.24) is 4.98 Å². The topological polar surface area (TPSA) is 94.3 Å². The lowest BCUT2D eigenvalue weighted by molar-refractivity contribution is -0.113. The number of carbonyl (C=O) groups is 2. The first-order chi connectivity index (χ1) is 9.97. The zero-order valence-corrected chi connectivity index (χ0v) is 14.3. The number of alkyl halides is 1. The van der Waals surface area contributed by atoms with E-state index in [1.54, 1.807) is 7.11 Å². The average molecular weight is 364 g/mol. The summed E-state index contributed by atoms with van der Waals surface area (Å²) in [6.45, 7) is 2.18. The Bertz CT molecular complexity index is 718. The first kappa shape index (κ1) is 18.6. The highest BCUT2D eigenvalue weighted by Gasteiger charge is 2.21. The Hall–Kier alpha value is -1.41. The third kappa shape index (κ3) is 3.67. The Labute approximate surface area is 142 Å². The van der Waals surface area contributed by atoms with Crippen LogP contribution in [0.1, 0.15) is 20.9 Å². The maximum atomic E-state index is 11.6. The molecule has 2 amide bonds. The van der Waals surface area contributed by atoms with Crippen LogP contribution in [0.4, 0.5) is 5.69 Å². The molecule has 0 unspecified atom stereocenters. The number of aryl methyl sites for hydroxylation is 1. The quantitative estimate of drug-likeness (QED) is 0.797. The normalized spacial score (nSPS) is 10.3. The molecule has 2 aromatic heterocycles. The fraction of sp³-hybridized carbons (Fsp3) is 0.308. The number of anilines is 1. The van der Waals surface area contributed by atoms with E-state index in [0.29, 0.717) is 22.5 Å². The maximum Gasteiger partial charge on any atom is 0.261 e. The van der Waals surface area contributed by atoms with E-state index in [9.17, 15) is 9.59 Å². The number of primary amides is 1. The van der Waals surface area contributed by atoms with Gasteiger partial charge >= 0.3 is 0 Å². The molecule has 0 saturated heterocycles. The Morgan fingerprint density at radius 3 is 2.73 bits per heavy atom. The first-order valence-electron chi connectivity index (χ1n) is 6.05. The summed E-state index contributed by atoms with van der Waals surface area (Å²) in [6, 6.07) is 1.85. The molecule has 0 aliphatic rings. The molecule has 22 heavy (non-hydrogen) atoms. The molecule has 0 radical (unpaired) electrons. The molecule has 0 aliphatic carbocycles. The van der Waals surface area contributed by atoms with Crippen LogP contribution in [0, 0.1) is 6.92 Å². The third-order valence-corrected chi connectivity index (χ3v) is 4.12. The molecule has 0 fully saturated rings. The van der Waals surface area contributed by atoms with Crippen molar-refractivity contribution in [2.24, 2.45) is 5.73 Å². The van der Waals surface area contributed by atoms with Gasteiger partial charge in [-0.25, -0.2) is 4.98 Å². The molecule has 3 N–H and O–H groups in total. The van der Waals surface area contributed by atoms with Gasteiger partial charge in [0.1, 0.15) is 15.6 Å². The van der Waals surface area contributed by atoms with Crippen LogP contribution < -0.4 is 11.1 Å². The summed E-state index contributed by atoms with van der Waals surface area (Å²) in [5.41, 5.74) is 7.36. The number of thiophene rings is 1. The number of hydrogen-bond acceptors (Lipinski definition) is 5. The van der Waals surface area contributed by atoms with Crippen LogP contribution >= 0.6 is 35.3 Å². The maximum absolute atomic E-state index is 11.6. The molecular formula is C13H15Cl2N3O3S. The van der Waals surface area contributed by atoms with E-state index in [0.717, 1.165) is 22.6 Å². The summed E-state index contributed by atoms with van der Waals surface area (Å²) in [4.78, 5) is 28.5. The fourth-order valence-corrected chi connectivity index (χ4v) is 3.19. The molecule has 0 saturated carbocycles. The zero-order valence-electron chi connectivity index (χ0n) is 11.9. The van der Waals surface area contributed by atoms with E-state index in [2.05, 4.69) is 10.3 Å². The number of hydrogen-bond donors (Lipinski definition) is 2. The van der Waals surface area contributed by atoms with Gasteiger partial charge in [-0.1, -0.05) is 0 Å². The largest absolute Gasteiger partial charge is 0.380 e. The summed E-state index contributed by atoms with van der Waals surface area (Å²) >= 11 is 6.65. The Kier molecular flexibility index (Phi) is 6.55. The minimum atomic E-state index is -0.621. The van der Waals surface area contributed by atoms with Crippen molar-refractivity contribution < 1.29 is 14.3 Å². The van der Waals surface area contributed by atoms with Gasteiger partial charge in [0.25, 0.3) is 5.91 Å². The first-order valence-corrected chi connectivity index (χ1v) is 7.40. The predicted molar refractivity (Wildman–Crippen MR) is 90.2 cm³/mol. The lowest BCUT2D eigenvalue weighted by atomic mass is 10.1. The summed E-state index contributed by atoms with van der Waals surface area (Å²) in [5.74, 6) is -1.25. The minimum Gasteiger partial charge on any atom is -0.380 e. The number of ether oxygens (including phenoxy) is 1. The van der Waals surface area contributed by atoms with Gasteiger partial charge in [-0.05, 0) is 18.6 Å². The molecule has 9 heteroatoms. The Morgan fingerprint density at radius 1 is 1.50 bits per heavy atom. The molecule has 6 nitrogen and oxygen atoms in total. The Balaban J connectivity index is 0.00000242. The second-order valence-electron chi connectivity index (χ2n) is 4.39. The van der Waals surface area contributed by atoms with E-state index in [1.807, 2.05) is 13.0 Å². The lowest BCUT2D eigenvalue weighted by Crippen LogP contribution is -2.17. The van der Waals surface area contributed by atoms with Crippen LogP contribution in [-0.4, -0.2) is 29.8 Å². The summed E-state index contributed by atoms with van der Waals surface area (Å²) in [5, 5.41) is 3.29. The number of nitrogens with zero attached hydrogens (tertiary/aromatic N) is 1. The number of fused-ring (bicyclic) bond motifs is 1. The molecule has 0 bridgehead atoms. The number of pyridine rings is 1. The highest BCUT2D eigenvalue weighted by molar-refractivity contribution is 7.21. The summed E-state index contributed by atoms with van der Waals surface area (Å²) in [6.07, 6.45) is 0. The Morgan fingerprint density at radius 2 is 2.18 bits per heavy atom. The average Bonchev–Trinajstić information content (AvgIpc) is 2.77. The number of aromatic nitrogens is 1.